The van der Waals surface area contributed by atoms with Crippen LogP contribution in [0.5, 0.6) is 0 Å². The maximum absolute atomic E-state index is 9.50. The van der Waals surface area contributed by atoms with Crippen LogP contribution < -0.4 is 9.80 Å². The van der Waals surface area contributed by atoms with Crippen LogP contribution in [0.15, 0.2) is 18.3 Å². The number of aromatic nitrogens is 3. The number of piperazine rings is 1. The second kappa shape index (κ2) is 9.45. The van der Waals surface area contributed by atoms with Gasteiger partial charge >= 0.3 is 0 Å². The number of ether oxygens (including phenoxy) is 1. The first-order chi connectivity index (χ1) is 16.8. The number of nitriles is 1. The predicted molar refractivity (Wildman–Crippen MR) is 134 cm³/mol. The topological polar surface area (TPSA) is 81.4 Å². The number of aryl methyl sites for hydroxylation is 2. The van der Waals surface area contributed by atoms with Crippen LogP contribution in [0.4, 0.5) is 11.6 Å². The molecule has 0 radical (unpaired) electrons. The van der Waals surface area contributed by atoms with Gasteiger partial charge in [0.2, 0.25) is 0 Å². The molecule has 1 aliphatic carbocycles. The van der Waals surface area contributed by atoms with Gasteiger partial charge in [-0.1, -0.05) is 0 Å². The minimum absolute atomic E-state index is 0.639. The van der Waals surface area contributed by atoms with Crippen molar-refractivity contribution in [3.63, 3.8) is 0 Å². The summed E-state index contributed by atoms with van der Waals surface area (Å²) < 4.78 is 5.53. The highest BCUT2D eigenvalue weighted by molar-refractivity contribution is 7.19. The lowest BCUT2D eigenvalue weighted by molar-refractivity contribution is 0.0331. The molecule has 2 aliphatic heterocycles. The van der Waals surface area contributed by atoms with E-state index in [1.807, 2.05) is 23.5 Å². The van der Waals surface area contributed by atoms with Gasteiger partial charge in [0.25, 0.3) is 0 Å². The van der Waals surface area contributed by atoms with Gasteiger partial charge in [0.1, 0.15) is 28.4 Å². The maximum Gasteiger partial charge on any atom is 0.146 e. The molecule has 8 nitrogen and oxygen atoms in total. The van der Waals surface area contributed by atoms with Gasteiger partial charge in [-0.2, -0.15) is 5.26 Å². The number of pyridine rings is 1. The van der Waals surface area contributed by atoms with Crippen molar-refractivity contribution in [3.05, 3.63) is 40.2 Å². The third-order valence-electron chi connectivity index (χ3n) is 7.10. The first-order valence-corrected chi connectivity index (χ1v) is 13.1. The van der Waals surface area contributed by atoms with E-state index in [9.17, 15) is 5.26 Å². The number of anilines is 2. The highest BCUT2D eigenvalue weighted by atomic mass is 32.1. The Morgan fingerprint density at radius 2 is 1.74 bits per heavy atom. The summed E-state index contributed by atoms with van der Waals surface area (Å²) in [6.07, 6.45) is 6.59. The van der Waals surface area contributed by atoms with E-state index in [0.717, 1.165) is 87.7 Å². The normalized spacial score (nSPS) is 19.3. The standard InChI is InChI=1S/C25H29N7OS/c26-16-18-4-3-7-27-23(18)31-8-10-32(11-9-31)24-22-19-5-1-2-6-20(19)34-25(22)29-21(28-24)17-30-12-14-33-15-13-30/h3-4,7H,1-2,5-6,8-15,17H2. The van der Waals surface area contributed by atoms with Crippen molar-refractivity contribution < 1.29 is 4.74 Å². The number of rotatable bonds is 4. The molecule has 0 aromatic carbocycles. The largest absolute Gasteiger partial charge is 0.379 e. The summed E-state index contributed by atoms with van der Waals surface area (Å²) in [5, 5.41) is 10.8. The van der Waals surface area contributed by atoms with E-state index in [1.54, 1.807) is 6.20 Å². The summed E-state index contributed by atoms with van der Waals surface area (Å²) in [6, 6.07) is 5.96. The van der Waals surface area contributed by atoms with Gasteiger partial charge in [-0.25, -0.2) is 15.0 Å². The molecule has 9 heteroatoms. The second-order valence-electron chi connectivity index (χ2n) is 9.20. The first kappa shape index (κ1) is 21.7. The molecule has 0 unspecified atom stereocenters. The zero-order valence-electron chi connectivity index (χ0n) is 19.4. The van der Waals surface area contributed by atoms with E-state index in [4.69, 9.17) is 14.7 Å². The Labute approximate surface area is 203 Å². The molecule has 0 N–H and O–H groups in total. The smallest absolute Gasteiger partial charge is 0.146 e. The van der Waals surface area contributed by atoms with Gasteiger partial charge in [0.15, 0.2) is 0 Å². The summed E-state index contributed by atoms with van der Waals surface area (Å²) in [4.78, 5) is 24.4. The molecule has 3 aromatic rings. The quantitative estimate of drug-likeness (QED) is 0.570. The van der Waals surface area contributed by atoms with Crippen molar-refractivity contribution in [3.8, 4) is 6.07 Å². The molecule has 176 valence electrons. The number of fused-ring (bicyclic) bond motifs is 3. The van der Waals surface area contributed by atoms with E-state index in [-0.39, 0.29) is 0 Å². The second-order valence-corrected chi connectivity index (χ2v) is 10.3. The zero-order valence-corrected chi connectivity index (χ0v) is 20.2. The fraction of sp³-hybridized carbons (Fsp3) is 0.520. The Morgan fingerprint density at radius 1 is 0.971 bits per heavy atom. The van der Waals surface area contributed by atoms with E-state index in [2.05, 4.69) is 25.8 Å². The van der Waals surface area contributed by atoms with Crippen LogP contribution in [-0.2, 0) is 24.1 Å². The van der Waals surface area contributed by atoms with Gasteiger partial charge in [-0.05, 0) is 43.4 Å². The average Bonchev–Trinajstić information content (AvgIpc) is 3.27. The molecule has 3 aliphatic rings. The van der Waals surface area contributed by atoms with Gasteiger partial charge < -0.3 is 14.5 Å². The Morgan fingerprint density at radius 3 is 2.53 bits per heavy atom. The summed E-state index contributed by atoms with van der Waals surface area (Å²) in [7, 11) is 0. The summed E-state index contributed by atoms with van der Waals surface area (Å²) in [5.41, 5.74) is 2.12. The number of hydrogen-bond donors (Lipinski definition) is 0. The molecular weight excluding hydrogens is 446 g/mol. The fourth-order valence-electron chi connectivity index (χ4n) is 5.31. The molecule has 5 heterocycles. The number of thiophene rings is 1. The fourth-order valence-corrected chi connectivity index (χ4v) is 6.58. The lowest BCUT2D eigenvalue weighted by Gasteiger charge is -2.37. The lowest BCUT2D eigenvalue weighted by Crippen LogP contribution is -2.47. The van der Waals surface area contributed by atoms with Crippen molar-refractivity contribution in [1.82, 2.24) is 19.9 Å². The van der Waals surface area contributed by atoms with Gasteiger partial charge in [0, 0.05) is 50.3 Å². The van der Waals surface area contributed by atoms with Crippen LogP contribution in [0.2, 0.25) is 0 Å². The molecule has 34 heavy (non-hydrogen) atoms. The van der Waals surface area contributed by atoms with Crippen molar-refractivity contribution in [2.24, 2.45) is 0 Å². The number of hydrogen-bond acceptors (Lipinski definition) is 9. The van der Waals surface area contributed by atoms with Gasteiger partial charge in [-0.3, -0.25) is 4.90 Å². The molecule has 0 saturated carbocycles. The van der Waals surface area contributed by atoms with E-state index in [1.165, 1.54) is 35.1 Å². The molecule has 2 fully saturated rings. The average molecular weight is 476 g/mol. The van der Waals surface area contributed by atoms with Crippen LogP contribution in [-0.4, -0.2) is 72.3 Å². The Hall–Kier alpha value is -2.80. The maximum atomic E-state index is 9.50. The van der Waals surface area contributed by atoms with Crippen molar-refractivity contribution in [2.75, 3.05) is 62.3 Å². The summed E-state index contributed by atoms with van der Waals surface area (Å²) >= 11 is 1.88. The Kier molecular flexibility index (Phi) is 6.04. The number of morpholine rings is 1. The van der Waals surface area contributed by atoms with Crippen LogP contribution >= 0.6 is 11.3 Å². The third kappa shape index (κ3) is 4.11. The molecule has 0 amide bonds. The summed E-state index contributed by atoms with van der Waals surface area (Å²) in [6.45, 7) is 7.55. The molecule has 0 atom stereocenters. The van der Waals surface area contributed by atoms with E-state index >= 15 is 0 Å². The lowest BCUT2D eigenvalue weighted by atomic mass is 9.97. The van der Waals surface area contributed by atoms with Crippen molar-refractivity contribution in [1.29, 1.82) is 5.26 Å². The van der Waals surface area contributed by atoms with Crippen LogP contribution in [0.1, 0.15) is 34.7 Å². The van der Waals surface area contributed by atoms with Gasteiger partial charge in [-0.15, -0.1) is 11.3 Å². The zero-order chi connectivity index (χ0) is 22.9. The SMILES string of the molecule is N#Cc1cccnc1N1CCN(c2nc(CN3CCOCC3)nc3sc4c(c23)CCCC4)CC1. The Bertz CT molecular complexity index is 1220. The van der Waals surface area contributed by atoms with Crippen LogP contribution in [0.25, 0.3) is 10.2 Å². The van der Waals surface area contributed by atoms with Crippen molar-refractivity contribution in [2.45, 2.75) is 32.2 Å². The molecule has 6 rings (SSSR count). The molecule has 3 aromatic heterocycles. The highest BCUT2D eigenvalue weighted by Crippen LogP contribution is 2.40. The van der Waals surface area contributed by atoms with Crippen LogP contribution in [0, 0.1) is 11.3 Å². The van der Waals surface area contributed by atoms with Gasteiger partial charge in [0.05, 0.1) is 30.7 Å². The molecule has 0 bridgehead atoms. The monoisotopic (exact) mass is 475 g/mol. The van der Waals surface area contributed by atoms with E-state index in [0.29, 0.717) is 5.56 Å². The highest BCUT2D eigenvalue weighted by Gasteiger charge is 2.27. The number of nitrogens with zero attached hydrogens (tertiary/aromatic N) is 7. The van der Waals surface area contributed by atoms with Crippen molar-refractivity contribution >= 4 is 33.2 Å². The molecule has 2 saturated heterocycles. The summed E-state index contributed by atoms with van der Waals surface area (Å²) in [5.74, 6) is 2.81. The third-order valence-corrected chi connectivity index (χ3v) is 8.28. The molecular formula is C25H29N7OS. The minimum Gasteiger partial charge on any atom is -0.379 e. The van der Waals surface area contributed by atoms with E-state index < -0.39 is 0 Å². The molecule has 0 spiro atoms. The minimum atomic E-state index is 0.639. The first-order valence-electron chi connectivity index (χ1n) is 12.3. The van der Waals surface area contributed by atoms with Crippen LogP contribution in [0.3, 0.4) is 0 Å². The predicted octanol–water partition coefficient (Wildman–Crippen LogP) is 3.00. The Balaban J connectivity index is 1.31.